The van der Waals surface area contributed by atoms with Crippen LogP contribution in [-0.2, 0) is 0 Å². The van der Waals surface area contributed by atoms with Gasteiger partial charge in [0.15, 0.2) is 0 Å². The van der Waals surface area contributed by atoms with Gasteiger partial charge in [0.1, 0.15) is 6.10 Å². The molecular formula is C7H15NO4. The second-order valence-electron chi connectivity index (χ2n) is 3.22. The van der Waals surface area contributed by atoms with E-state index >= 15 is 0 Å². The molecule has 0 aromatic carbocycles. The fraction of sp³-hybridized carbons (Fsp3) is 1.00. The quantitative estimate of drug-likeness (QED) is 0.303. The Morgan fingerprint density at radius 1 is 1.08 bits per heavy atom. The molecule has 5 N–H and O–H groups in total. The Hall–Kier alpha value is -0.200. The highest BCUT2D eigenvalue weighted by atomic mass is 16.4. The first-order valence-corrected chi connectivity index (χ1v) is 3.99. The molecule has 1 heterocycles. The molecule has 0 aliphatic carbocycles. The van der Waals surface area contributed by atoms with E-state index in [0.717, 1.165) is 0 Å². The minimum Gasteiger partial charge on any atom is -0.395 e. The Morgan fingerprint density at radius 3 is 2.17 bits per heavy atom. The number of rotatable bonds is 1. The van der Waals surface area contributed by atoms with E-state index in [4.69, 9.17) is 5.11 Å². The SMILES string of the molecule is CC1NC(CO)C(O)C(O)C1O. The van der Waals surface area contributed by atoms with Gasteiger partial charge in [0.25, 0.3) is 0 Å². The van der Waals surface area contributed by atoms with E-state index in [1.54, 1.807) is 6.92 Å². The van der Waals surface area contributed by atoms with E-state index in [9.17, 15) is 15.3 Å². The normalized spacial score (nSPS) is 49.2. The Balaban J connectivity index is 2.63. The zero-order valence-electron chi connectivity index (χ0n) is 6.88. The van der Waals surface area contributed by atoms with Crippen molar-refractivity contribution in [1.82, 2.24) is 5.32 Å². The predicted molar refractivity (Wildman–Crippen MR) is 41.5 cm³/mol. The molecule has 0 radical (unpaired) electrons. The molecule has 5 unspecified atom stereocenters. The third-order valence-corrected chi connectivity index (χ3v) is 2.30. The summed E-state index contributed by atoms with van der Waals surface area (Å²) in [7, 11) is 0. The first-order valence-electron chi connectivity index (χ1n) is 3.99. The Kier molecular flexibility index (Phi) is 3.03. The standard InChI is InChI=1S/C7H15NO4/c1-3-5(10)7(12)6(11)4(2-9)8-3/h3-12H,2H2,1H3. The van der Waals surface area contributed by atoms with Crippen molar-refractivity contribution in [2.24, 2.45) is 0 Å². The molecule has 1 aliphatic rings. The zero-order valence-corrected chi connectivity index (χ0v) is 6.88. The van der Waals surface area contributed by atoms with Gasteiger partial charge >= 0.3 is 0 Å². The summed E-state index contributed by atoms with van der Waals surface area (Å²) in [5, 5.41) is 39.4. The molecule has 0 spiro atoms. The lowest BCUT2D eigenvalue weighted by atomic mass is 9.91. The van der Waals surface area contributed by atoms with E-state index in [0.29, 0.717) is 0 Å². The summed E-state index contributed by atoms with van der Waals surface area (Å²) >= 11 is 0. The molecule has 1 aliphatic heterocycles. The summed E-state index contributed by atoms with van der Waals surface area (Å²) < 4.78 is 0. The van der Waals surface area contributed by atoms with Crippen LogP contribution in [0.25, 0.3) is 0 Å². The predicted octanol–water partition coefficient (Wildman–Crippen LogP) is -2.58. The number of nitrogens with one attached hydrogen (secondary N) is 1. The highest BCUT2D eigenvalue weighted by molar-refractivity contribution is 4.96. The van der Waals surface area contributed by atoms with Crippen LogP contribution < -0.4 is 5.32 Å². The van der Waals surface area contributed by atoms with E-state index in [1.165, 1.54) is 0 Å². The molecular weight excluding hydrogens is 162 g/mol. The largest absolute Gasteiger partial charge is 0.395 e. The van der Waals surface area contributed by atoms with Gasteiger partial charge in [0.05, 0.1) is 24.9 Å². The van der Waals surface area contributed by atoms with E-state index in [1.807, 2.05) is 0 Å². The summed E-state index contributed by atoms with van der Waals surface area (Å²) in [4.78, 5) is 0. The van der Waals surface area contributed by atoms with Gasteiger partial charge in [-0.25, -0.2) is 0 Å². The molecule has 72 valence electrons. The monoisotopic (exact) mass is 177 g/mol. The number of piperidine rings is 1. The highest BCUT2D eigenvalue weighted by Crippen LogP contribution is 2.14. The van der Waals surface area contributed by atoms with Crippen LogP contribution >= 0.6 is 0 Å². The number of aliphatic hydroxyl groups is 4. The van der Waals surface area contributed by atoms with Crippen molar-refractivity contribution in [2.75, 3.05) is 6.61 Å². The summed E-state index contributed by atoms with van der Waals surface area (Å²) in [6.45, 7) is 1.43. The lowest BCUT2D eigenvalue weighted by molar-refractivity contribution is -0.116. The minimum absolute atomic E-state index is 0.255. The maximum absolute atomic E-state index is 9.29. The Morgan fingerprint density at radius 2 is 1.67 bits per heavy atom. The lowest BCUT2D eigenvalue weighted by Gasteiger charge is -2.39. The van der Waals surface area contributed by atoms with Gasteiger partial charge < -0.3 is 25.7 Å². The van der Waals surface area contributed by atoms with Crippen molar-refractivity contribution in [3.8, 4) is 0 Å². The maximum atomic E-state index is 9.29. The molecule has 0 aromatic rings. The van der Waals surface area contributed by atoms with Crippen molar-refractivity contribution >= 4 is 0 Å². The van der Waals surface area contributed by atoms with Crippen molar-refractivity contribution in [1.29, 1.82) is 0 Å². The summed E-state index contributed by atoms with van der Waals surface area (Å²) in [6, 6.07) is -0.876. The minimum atomic E-state index is -1.18. The second-order valence-corrected chi connectivity index (χ2v) is 3.22. The molecule has 0 aromatic heterocycles. The summed E-state index contributed by atoms with van der Waals surface area (Å²) in [5.41, 5.74) is 0. The molecule has 5 heteroatoms. The van der Waals surface area contributed by atoms with E-state index < -0.39 is 24.4 Å². The molecule has 5 nitrogen and oxygen atoms in total. The number of hydrogen-bond acceptors (Lipinski definition) is 5. The first kappa shape index (κ1) is 9.88. The average Bonchev–Trinajstić information content (AvgIpc) is 2.08. The second kappa shape index (κ2) is 3.68. The van der Waals surface area contributed by atoms with Crippen molar-refractivity contribution in [3.63, 3.8) is 0 Å². The molecule has 12 heavy (non-hydrogen) atoms. The lowest BCUT2D eigenvalue weighted by Crippen LogP contribution is -2.64. The summed E-state index contributed by atoms with van der Waals surface area (Å²) in [6.07, 6.45) is -3.28. The zero-order chi connectivity index (χ0) is 9.30. The molecule has 1 saturated heterocycles. The highest BCUT2D eigenvalue weighted by Gasteiger charge is 2.39. The fourth-order valence-electron chi connectivity index (χ4n) is 1.43. The Labute approximate surface area is 70.6 Å². The van der Waals surface area contributed by atoms with Gasteiger partial charge in [-0.3, -0.25) is 0 Å². The molecule has 1 rings (SSSR count). The van der Waals surface area contributed by atoms with Crippen LogP contribution in [0.15, 0.2) is 0 Å². The van der Waals surface area contributed by atoms with Gasteiger partial charge in [-0.1, -0.05) is 0 Å². The van der Waals surface area contributed by atoms with Gasteiger partial charge in [0, 0.05) is 6.04 Å². The van der Waals surface area contributed by atoms with Crippen LogP contribution in [0.4, 0.5) is 0 Å². The molecule has 1 fully saturated rings. The molecule has 5 atom stereocenters. The Bertz CT molecular complexity index is 150. The van der Waals surface area contributed by atoms with Gasteiger partial charge in [-0.15, -0.1) is 0 Å². The van der Waals surface area contributed by atoms with Gasteiger partial charge in [-0.05, 0) is 6.92 Å². The van der Waals surface area contributed by atoms with Gasteiger partial charge in [-0.2, -0.15) is 0 Å². The van der Waals surface area contributed by atoms with E-state index in [-0.39, 0.29) is 12.6 Å². The number of hydrogen-bond donors (Lipinski definition) is 5. The first-order chi connectivity index (χ1) is 5.57. The van der Waals surface area contributed by atoms with Crippen LogP contribution in [0.5, 0.6) is 0 Å². The number of aliphatic hydroxyl groups excluding tert-OH is 4. The van der Waals surface area contributed by atoms with Crippen LogP contribution in [0.2, 0.25) is 0 Å². The molecule has 0 amide bonds. The van der Waals surface area contributed by atoms with Crippen LogP contribution in [-0.4, -0.2) is 57.4 Å². The topological polar surface area (TPSA) is 93.0 Å². The fourth-order valence-corrected chi connectivity index (χ4v) is 1.43. The third-order valence-electron chi connectivity index (χ3n) is 2.30. The van der Waals surface area contributed by atoms with Gasteiger partial charge in [0.2, 0.25) is 0 Å². The average molecular weight is 177 g/mol. The van der Waals surface area contributed by atoms with E-state index in [2.05, 4.69) is 5.32 Å². The maximum Gasteiger partial charge on any atom is 0.109 e. The summed E-state index contributed by atoms with van der Waals surface area (Å²) in [5.74, 6) is 0. The van der Waals surface area contributed by atoms with Crippen LogP contribution in [0.3, 0.4) is 0 Å². The van der Waals surface area contributed by atoms with Crippen molar-refractivity contribution in [3.05, 3.63) is 0 Å². The van der Waals surface area contributed by atoms with Crippen LogP contribution in [0, 0.1) is 0 Å². The smallest absolute Gasteiger partial charge is 0.109 e. The molecule has 0 bridgehead atoms. The molecule has 0 saturated carbocycles. The van der Waals surface area contributed by atoms with Crippen molar-refractivity contribution < 1.29 is 20.4 Å². The van der Waals surface area contributed by atoms with Crippen LogP contribution in [0.1, 0.15) is 6.92 Å². The third kappa shape index (κ3) is 1.60. The van der Waals surface area contributed by atoms with Crippen molar-refractivity contribution in [2.45, 2.75) is 37.3 Å².